The lowest BCUT2D eigenvalue weighted by molar-refractivity contribution is -0.141. The first-order valence-corrected chi connectivity index (χ1v) is 27.6. The number of nitrogens with zero attached hydrogens (tertiary/aromatic N) is 8. The van der Waals surface area contributed by atoms with Gasteiger partial charge in [0.25, 0.3) is 5.88 Å². The number of aliphatic hydroxyl groups excluding tert-OH is 1. The van der Waals surface area contributed by atoms with Crippen LogP contribution in [0.4, 0.5) is 10.2 Å². The number of piperidine rings is 1. The van der Waals surface area contributed by atoms with Crippen LogP contribution in [0.25, 0.3) is 32.6 Å². The topological polar surface area (TPSA) is 204 Å². The summed E-state index contributed by atoms with van der Waals surface area (Å²) < 4.78 is 35.1. The summed E-state index contributed by atoms with van der Waals surface area (Å²) in [5, 5.41) is 33.1. The molecule has 5 fully saturated rings. The molecule has 2 amide bonds. The number of benzene rings is 2. The molecule has 11 rings (SSSR count). The third-order valence-corrected chi connectivity index (χ3v) is 17.0. The molecule has 0 radical (unpaired) electrons. The Morgan fingerprint density at radius 2 is 1.75 bits per heavy atom. The number of pyridine rings is 1. The normalized spacial score (nSPS) is 22.0. The van der Waals surface area contributed by atoms with Crippen LogP contribution in [0, 0.1) is 24.6 Å². The lowest BCUT2D eigenvalue weighted by atomic mass is 9.91. The summed E-state index contributed by atoms with van der Waals surface area (Å²) >= 11 is 8.21. The Balaban J connectivity index is 0.691. The van der Waals surface area contributed by atoms with Crippen molar-refractivity contribution in [1.82, 2.24) is 45.5 Å². The third kappa shape index (κ3) is 10.9. The predicted molar refractivity (Wildman–Crippen MR) is 283 cm³/mol. The molecule has 0 spiro atoms. The molecule has 1 saturated carbocycles. The van der Waals surface area contributed by atoms with E-state index >= 15 is 4.39 Å². The van der Waals surface area contributed by atoms with Crippen molar-refractivity contribution in [1.29, 1.82) is 0 Å². The smallest absolute Gasteiger partial charge is 0.319 e. The van der Waals surface area contributed by atoms with Crippen LogP contribution in [-0.4, -0.2) is 134 Å². The summed E-state index contributed by atoms with van der Waals surface area (Å²) in [7, 11) is 0. The molecule has 5 aliphatic rings. The molecule has 4 saturated heterocycles. The molecule has 4 N–H and O–H groups in total. The summed E-state index contributed by atoms with van der Waals surface area (Å²) in [6.45, 7) is 12.2. The van der Waals surface area contributed by atoms with Crippen LogP contribution in [0.15, 0.2) is 58.7 Å². The van der Waals surface area contributed by atoms with Crippen LogP contribution in [0.2, 0.25) is 5.02 Å². The fraction of sp³-hybridized carbons (Fsp3) is 0.509. The number of nitrogens with one attached hydrogen (secondary N) is 2. The molecule has 75 heavy (non-hydrogen) atoms. The van der Waals surface area contributed by atoms with Crippen molar-refractivity contribution in [3.05, 3.63) is 87.6 Å². The zero-order chi connectivity index (χ0) is 52.1. The van der Waals surface area contributed by atoms with Crippen molar-refractivity contribution in [3.63, 3.8) is 0 Å². The number of aromatic nitrogens is 5. The minimum atomic E-state index is -0.849. The van der Waals surface area contributed by atoms with Gasteiger partial charge in [-0.1, -0.05) is 49.7 Å². The number of fused-ring (bicyclic) bond motifs is 3. The number of phenols is 1. The van der Waals surface area contributed by atoms with Gasteiger partial charge in [0, 0.05) is 67.5 Å². The number of halogens is 2. The zero-order valence-corrected chi connectivity index (χ0v) is 44.2. The van der Waals surface area contributed by atoms with Crippen LogP contribution in [-0.2, 0) is 9.59 Å². The van der Waals surface area contributed by atoms with E-state index in [2.05, 4.69) is 40.5 Å². The second kappa shape index (κ2) is 21.6. The molecule has 2 unspecified atom stereocenters. The quantitative estimate of drug-likeness (QED) is 0.0680. The molecule has 20 heteroatoms. The van der Waals surface area contributed by atoms with Crippen LogP contribution in [0.5, 0.6) is 17.6 Å². The number of aromatic hydroxyl groups is 1. The van der Waals surface area contributed by atoms with E-state index in [0.29, 0.717) is 59.4 Å². The van der Waals surface area contributed by atoms with Gasteiger partial charge in [0.05, 0.1) is 40.2 Å². The summed E-state index contributed by atoms with van der Waals surface area (Å²) in [6, 6.07) is 12.3. The summed E-state index contributed by atoms with van der Waals surface area (Å²) in [6.07, 6.45) is 6.69. The number of aryl methyl sites for hydroxylation is 1. The van der Waals surface area contributed by atoms with Crippen molar-refractivity contribution in [2.45, 2.75) is 115 Å². The highest BCUT2D eigenvalue weighted by Gasteiger charge is 2.44. The van der Waals surface area contributed by atoms with Gasteiger partial charge < -0.3 is 44.6 Å². The Labute approximate surface area is 444 Å². The molecule has 17 nitrogen and oxygen atoms in total. The van der Waals surface area contributed by atoms with E-state index in [1.165, 1.54) is 17.0 Å². The van der Waals surface area contributed by atoms with Gasteiger partial charge in [-0.3, -0.25) is 19.5 Å². The van der Waals surface area contributed by atoms with E-state index < -0.39 is 23.9 Å². The minimum Gasteiger partial charge on any atom is -0.508 e. The molecule has 2 bridgehead atoms. The van der Waals surface area contributed by atoms with Crippen molar-refractivity contribution in [2.24, 2.45) is 11.8 Å². The van der Waals surface area contributed by atoms with E-state index in [-0.39, 0.29) is 77.4 Å². The predicted octanol–water partition coefficient (Wildman–Crippen LogP) is 8.18. The summed E-state index contributed by atoms with van der Waals surface area (Å²) in [5.41, 5.74) is 6.25. The number of phenolic OH excluding ortho intramolecular Hbond substituents is 1. The number of hydrogen-bond acceptors (Lipinski definition) is 16. The number of carbonyl (C=O) groups is 2. The van der Waals surface area contributed by atoms with E-state index in [1.807, 2.05) is 57.5 Å². The van der Waals surface area contributed by atoms with Gasteiger partial charge in [0.15, 0.2) is 11.6 Å². The van der Waals surface area contributed by atoms with Gasteiger partial charge in [-0.2, -0.15) is 9.97 Å². The Morgan fingerprint density at radius 1 is 0.987 bits per heavy atom. The van der Waals surface area contributed by atoms with Gasteiger partial charge in [0.1, 0.15) is 41.3 Å². The van der Waals surface area contributed by atoms with Crippen molar-refractivity contribution in [2.75, 3.05) is 57.4 Å². The fourth-order valence-electron chi connectivity index (χ4n) is 11.5. The maximum atomic E-state index is 16.9. The highest BCUT2D eigenvalue weighted by molar-refractivity contribution is 7.13. The van der Waals surface area contributed by atoms with Gasteiger partial charge in [0.2, 0.25) is 11.8 Å². The van der Waals surface area contributed by atoms with Crippen molar-refractivity contribution < 1.29 is 38.2 Å². The average molecular weight is 1060 g/mol. The number of rotatable bonds is 17. The number of carbonyl (C=O) groups excluding carboxylic acids is 2. The number of amides is 2. The standard InChI is InChI=1S/C55H64ClFN10O7S/c1-29(2)46(54(71)67-26-39(69)21-43(67)53(70)60-30(3)33-5-9-35(10-6-33)51-31(4)59-28-75-51)44-22-45(64-74-44)73-27-32-13-15-65(16-14-32)17-18-72-55-62-50-41(52(63-55)66-24-36-11-12-37(25-66)61-36)23-58-49(48(50)57)40-19-38(68)20-42(56)47(40)34-7-8-34/h5-6,9-10,19-20,22-23,28-30,32,34,36-37,39,43,46,61,68-69H,7-8,11-18,21,24-27H2,1-4H3,(H,60,70)/t30-,36?,37?,39+,43-,46+/m0/s1. The van der Waals surface area contributed by atoms with Gasteiger partial charge in [-0.15, -0.1) is 11.3 Å². The number of likely N-dealkylation sites (tertiary alicyclic amines) is 2. The zero-order valence-electron chi connectivity index (χ0n) is 42.7. The molecule has 396 valence electrons. The van der Waals surface area contributed by atoms with E-state index in [0.717, 1.165) is 92.0 Å². The van der Waals surface area contributed by atoms with E-state index in [1.54, 1.807) is 23.6 Å². The Hall–Kier alpha value is -5.99. The monoisotopic (exact) mass is 1060 g/mol. The minimum absolute atomic E-state index is 0.0356. The Bertz CT molecular complexity index is 3040. The highest BCUT2D eigenvalue weighted by atomic mass is 35.5. The number of ether oxygens (including phenoxy) is 2. The fourth-order valence-corrected chi connectivity index (χ4v) is 12.7. The number of aliphatic hydroxyl groups is 1. The van der Waals surface area contributed by atoms with Gasteiger partial charge >= 0.3 is 6.01 Å². The van der Waals surface area contributed by atoms with E-state index in [9.17, 15) is 19.8 Å². The first-order valence-electron chi connectivity index (χ1n) is 26.4. The van der Waals surface area contributed by atoms with E-state index in [4.69, 9.17) is 30.6 Å². The van der Waals surface area contributed by atoms with Crippen LogP contribution < -0.4 is 25.0 Å². The Kier molecular flexibility index (Phi) is 14.7. The maximum absolute atomic E-state index is 16.9. The molecule has 4 aromatic heterocycles. The number of β-amino-alcohol motifs (C(OH)–C–C–N with tert-alkyl or cyclic N) is 1. The second-order valence-corrected chi connectivity index (χ2v) is 22.7. The first kappa shape index (κ1) is 51.1. The number of thiazole rings is 1. The van der Waals surface area contributed by atoms with Gasteiger partial charge in [-0.25, -0.2) is 9.37 Å². The molecule has 6 atom stereocenters. The molecule has 2 aromatic carbocycles. The van der Waals surface area contributed by atoms with Crippen LogP contribution in [0.1, 0.15) is 106 Å². The molecule has 6 aromatic rings. The lowest BCUT2D eigenvalue weighted by Crippen LogP contribution is -2.51. The van der Waals surface area contributed by atoms with Crippen LogP contribution >= 0.6 is 22.9 Å². The largest absolute Gasteiger partial charge is 0.508 e. The third-order valence-electron chi connectivity index (χ3n) is 15.7. The van der Waals surface area contributed by atoms with Gasteiger partial charge in [-0.05, 0) is 117 Å². The maximum Gasteiger partial charge on any atom is 0.319 e. The van der Waals surface area contributed by atoms with Crippen LogP contribution in [0.3, 0.4) is 0 Å². The SMILES string of the molecule is Cc1ncsc1-c1ccc([C@H](C)NC(=O)[C@@H]2C[C@@H](O)CN2C(=O)[C@@H](c2cc(OCC3CCN(CCOc4nc(N5CC6CCC(C5)N6)c5cnc(-c6cc(O)cc(Cl)c6C6CC6)c(F)c5n4)CC3)no2)C(C)C)cc1. The molecule has 8 heterocycles. The second-order valence-electron chi connectivity index (χ2n) is 21.5. The lowest BCUT2D eigenvalue weighted by Gasteiger charge is -2.34. The first-order chi connectivity index (χ1) is 36.2. The summed E-state index contributed by atoms with van der Waals surface area (Å²) in [5.74, 6) is -0.576. The number of piperazine rings is 1. The number of hydrogen-bond donors (Lipinski definition) is 4. The average Bonchev–Trinajstić information content (AvgIpc) is 3.62. The molecular formula is C55H64ClFN10O7S. The highest BCUT2D eigenvalue weighted by Crippen LogP contribution is 2.49. The molecular weight excluding hydrogens is 999 g/mol. The van der Waals surface area contributed by atoms with Crippen molar-refractivity contribution in [3.8, 4) is 39.3 Å². The Morgan fingerprint density at radius 3 is 2.45 bits per heavy atom. The molecule has 1 aliphatic carbocycles. The summed E-state index contributed by atoms with van der Waals surface area (Å²) in [4.78, 5) is 53.7. The molecule has 4 aliphatic heterocycles. The number of anilines is 1. The van der Waals surface area contributed by atoms with Crippen molar-refractivity contribution >= 4 is 51.5 Å².